The molecule has 1 amide bonds. The Labute approximate surface area is 111 Å². The van der Waals surface area contributed by atoms with Crippen LogP contribution in [0.2, 0.25) is 5.02 Å². The molecule has 0 spiro atoms. The summed E-state index contributed by atoms with van der Waals surface area (Å²) in [6, 6.07) is 5.05. The number of halogens is 1. The maximum Gasteiger partial charge on any atom is 0.234 e. The third-order valence-corrected chi connectivity index (χ3v) is 3.44. The number of anilines is 2. The normalized spacial score (nSPS) is 10.2. The van der Waals surface area contributed by atoms with Gasteiger partial charge in [0.05, 0.1) is 17.1 Å². The van der Waals surface area contributed by atoms with Gasteiger partial charge in [-0.1, -0.05) is 24.9 Å². The van der Waals surface area contributed by atoms with E-state index in [1.807, 2.05) is 0 Å². The Balaban J connectivity index is 2.40. The Kier molecular flexibility index (Phi) is 6.22. The van der Waals surface area contributed by atoms with Crippen LogP contribution in [-0.2, 0) is 4.79 Å². The molecule has 0 saturated carbocycles. The van der Waals surface area contributed by atoms with E-state index in [2.05, 4.69) is 12.2 Å². The third kappa shape index (κ3) is 5.33. The zero-order chi connectivity index (χ0) is 12.7. The lowest BCUT2D eigenvalue weighted by Gasteiger charge is -2.08. The predicted octanol–water partition coefficient (Wildman–Crippen LogP) is 3.39. The zero-order valence-electron chi connectivity index (χ0n) is 9.83. The second-order valence-electron chi connectivity index (χ2n) is 3.69. The fraction of sp³-hybridized carbons (Fsp3) is 0.417. The lowest BCUT2D eigenvalue weighted by molar-refractivity contribution is -0.113. The first-order valence-corrected chi connectivity index (χ1v) is 7.09. The Morgan fingerprint density at radius 2 is 2.29 bits per heavy atom. The van der Waals surface area contributed by atoms with Crippen molar-refractivity contribution in [3.8, 4) is 0 Å². The first-order valence-electron chi connectivity index (χ1n) is 5.56. The van der Waals surface area contributed by atoms with Crippen LogP contribution < -0.4 is 11.1 Å². The van der Waals surface area contributed by atoms with Crippen LogP contribution >= 0.6 is 23.4 Å². The minimum Gasteiger partial charge on any atom is -0.397 e. The van der Waals surface area contributed by atoms with Gasteiger partial charge in [0.1, 0.15) is 0 Å². The number of unbranched alkanes of at least 4 members (excludes halogenated alkanes) is 1. The highest BCUT2D eigenvalue weighted by Crippen LogP contribution is 2.22. The number of carbonyl (C=O) groups is 1. The Morgan fingerprint density at radius 3 is 2.94 bits per heavy atom. The molecular weight excluding hydrogens is 256 g/mol. The fourth-order valence-corrected chi connectivity index (χ4v) is 2.32. The summed E-state index contributed by atoms with van der Waals surface area (Å²) >= 11 is 7.41. The number of rotatable bonds is 6. The number of nitrogens with one attached hydrogen (secondary N) is 1. The molecule has 0 radical (unpaired) electrons. The van der Waals surface area contributed by atoms with Crippen molar-refractivity contribution in [2.45, 2.75) is 19.8 Å². The highest BCUT2D eigenvalue weighted by atomic mass is 35.5. The van der Waals surface area contributed by atoms with E-state index in [0.29, 0.717) is 22.2 Å². The second kappa shape index (κ2) is 7.45. The molecule has 5 heteroatoms. The SMILES string of the molecule is CCCCSCC(=O)Nc1ccc(Cl)cc1N. The molecule has 1 aromatic rings. The van der Waals surface area contributed by atoms with E-state index in [-0.39, 0.29) is 5.91 Å². The van der Waals surface area contributed by atoms with Crippen molar-refractivity contribution >= 4 is 40.6 Å². The molecule has 1 aromatic carbocycles. The predicted molar refractivity (Wildman–Crippen MR) is 76.7 cm³/mol. The molecule has 1 rings (SSSR count). The maximum atomic E-state index is 11.6. The lowest BCUT2D eigenvalue weighted by atomic mass is 10.2. The van der Waals surface area contributed by atoms with Crippen molar-refractivity contribution in [3.05, 3.63) is 23.2 Å². The largest absolute Gasteiger partial charge is 0.397 e. The standard InChI is InChI=1S/C12H17ClN2OS/c1-2-3-6-17-8-12(16)15-11-5-4-9(13)7-10(11)14/h4-5,7H,2-3,6,8,14H2,1H3,(H,15,16). The molecule has 94 valence electrons. The summed E-state index contributed by atoms with van der Waals surface area (Å²) in [6.45, 7) is 2.13. The highest BCUT2D eigenvalue weighted by molar-refractivity contribution is 7.99. The molecule has 0 aliphatic heterocycles. The minimum atomic E-state index is -0.0277. The van der Waals surface area contributed by atoms with Crippen molar-refractivity contribution in [1.29, 1.82) is 0 Å². The van der Waals surface area contributed by atoms with Crippen LogP contribution in [0.25, 0.3) is 0 Å². The van der Waals surface area contributed by atoms with E-state index >= 15 is 0 Å². The molecule has 0 heterocycles. The van der Waals surface area contributed by atoms with Gasteiger partial charge in [-0.2, -0.15) is 11.8 Å². The van der Waals surface area contributed by atoms with Crippen molar-refractivity contribution in [2.75, 3.05) is 22.6 Å². The molecule has 0 atom stereocenters. The molecular formula is C12H17ClN2OS. The van der Waals surface area contributed by atoms with E-state index in [4.69, 9.17) is 17.3 Å². The van der Waals surface area contributed by atoms with Crippen LogP contribution in [0.15, 0.2) is 18.2 Å². The van der Waals surface area contributed by atoms with Gasteiger partial charge in [0.25, 0.3) is 0 Å². The molecule has 17 heavy (non-hydrogen) atoms. The number of thioether (sulfide) groups is 1. The van der Waals surface area contributed by atoms with Gasteiger partial charge in [-0.15, -0.1) is 0 Å². The number of benzene rings is 1. The summed E-state index contributed by atoms with van der Waals surface area (Å²) in [5.41, 5.74) is 6.85. The van der Waals surface area contributed by atoms with E-state index in [0.717, 1.165) is 18.6 Å². The van der Waals surface area contributed by atoms with Crippen molar-refractivity contribution in [3.63, 3.8) is 0 Å². The molecule has 0 aliphatic carbocycles. The quantitative estimate of drug-likeness (QED) is 0.616. The van der Waals surface area contributed by atoms with Gasteiger partial charge in [-0.05, 0) is 30.4 Å². The Hall–Kier alpha value is -0.870. The maximum absolute atomic E-state index is 11.6. The summed E-state index contributed by atoms with van der Waals surface area (Å²) in [5, 5.41) is 3.34. The number of nitrogen functional groups attached to an aromatic ring is 1. The van der Waals surface area contributed by atoms with Gasteiger partial charge in [0, 0.05) is 5.02 Å². The van der Waals surface area contributed by atoms with Crippen LogP contribution in [0, 0.1) is 0 Å². The van der Waals surface area contributed by atoms with E-state index in [1.54, 1.807) is 30.0 Å². The lowest BCUT2D eigenvalue weighted by Crippen LogP contribution is -2.15. The number of hydrogen-bond donors (Lipinski definition) is 2. The minimum absolute atomic E-state index is 0.0277. The molecule has 0 aliphatic rings. The average Bonchev–Trinajstić information content (AvgIpc) is 2.28. The zero-order valence-corrected chi connectivity index (χ0v) is 11.4. The van der Waals surface area contributed by atoms with E-state index in [9.17, 15) is 4.79 Å². The summed E-state index contributed by atoms with van der Waals surface area (Å²) < 4.78 is 0. The van der Waals surface area contributed by atoms with E-state index in [1.165, 1.54) is 0 Å². The molecule has 3 nitrogen and oxygen atoms in total. The second-order valence-corrected chi connectivity index (χ2v) is 5.23. The Morgan fingerprint density at radius 1 is 1.53 bits per heavy atom. The van der Waals surface area contributed by atoms with Crippen LogP contribution in [0.4, 0.5) is 11.4 Å². The van der Waals surface area contributed by atoms with Crippen LogP contribution in [0.3, 0.4) is 0 Å². The van der Waals surface area contributed by atoms with Gasteiger partial charge in [-0.3, -0.25) is 4.79 Å². The topological polar surface area (TPSA) is 55.1 Å². The molecule has 0 unspecified atom stereocenters. The number of carbonyl (C=O) groups excluding carboxylic acids is 1. The van der Waals surface area contributed by atoms with Gasteiger partial charge < -0.3 is 11.1 Å². The molecule has 0 saturated heterocycles. The van der Waals surface area contributed by atoms with Crippen molar-refractivity contribution in [1.82, 2.24) is 0 Å². The summed E-state index contributed by atoms with van der Waals surface area (Å²) in [5.74, 6) is 1.45. The fourth-order valence-electron chi connectivity index (χ4n) is 1.24. The monoisotopic (exact) mass is 272 g/mol. The number of amides is 1. The summed E-state index contributed by atoms with van der Waals surface area (Å²) in [7, 11) is 0. The first kappa shape index (κ1) is 14.2. The number of nitrogens with two attached hydrogens (primary N) is 1. The Bertz CT molecular complexity index is 385. The van der Waals surface area contributed by atoms with Crippen molar-refractivity contribution in [2.24, 2.45) is 0 Å². The molecule has 0 aromatic heterocycles. The molecule has 0 fully saturated rings. The van der Waals surface area contributed by atoms with Crippen LogP contribution in [0.1, 0.15) is 19.8 Å². The third-order valence-electron chi connectivity index (χ3n) is 2.16. The van der Waals surface area contributed by atoms with E-state index < -0.39 is 0 Å². The molecule has 0 bridgehead atoms. The smallest absolute Gasteiger partial charge is 0.234 e. The highest BCUT2D eigenvalue weighted by Gasteiger charge is 2.05. The number of hydrogen-bond acceptors (Lipinski definition) is 3. The summed E-state index contributed by atoms with van der Waals surface area (Å²) in [6.07, 6.45) is 2.29. The summed E-state index contributed by atoms with van der Waals surface area (Å²) in [4.78, 5) is 11.6. The molecule has 3 N–H and O–H groups in total. The van der Waals surface area contributed by atoms with Gasteiger partial charge in [0.15, 0.2) is 0 Å². The van der Waals surface area contributed by atoms with Crippen LogP contribution in [-0.4, -0.2) is 17.4 Å². The van der Waals surface area contributed by atoms with Gasteiger partial charge in [-0.25, -0.2) is 0 Å². The first-order chi connectivity index (χ1) is 8.13. The van der Waals surface area contributed by atoms with Gasteiger partial charge in [0.2, 0.25) is 5.91 Å². The van der Waals surface area contributed by atoms with Gasteiger partial charge >= 0.3 is 0 Å². The van der Waals surface area contributed by atoms with Crippen LogP contribution in [0.5, 0.6) is 0 Å². The van der Waals surface area contributed by atoms with Crippen molar-refractivity contribution < 1.29 is 4.79 Å². The average molecular weight is 273 g/mol.